The van der Waals surface area contributed by atoms with Crippen molar-refractivity contribution in [1.82, 2.24) is 15.3 Å². The topological polar surface area (TPSA) is 78.0 Å². The number of aromatic amines is 1. The molecule has 0 saturated carbocycles. The fourth-order valence-electron chi connectivity index (χ4n) is 1.81. The maximum Gasteiger partial charge on any atom is 0.253 e. The minimum Gasteiger partial charge on any atom is -0.384 e. The number of aliphatic hydroxyl groups is 1. The minimum absolute atomic E-state index is 0.230. The van der Waals surface area contributed by atoms with Crippen LogP contribution in [0.25, 0.3) is 0 Å². The summed E-state index contributed by atoms with van der Waals surface area (Å²) in [6, 6.07) is 3.39. The van der Waals surface area contributed by atoms with Crippen molar-refractivity contribution in [2.75, 3.05) is 6.61 Å². The quantitative estimate of drug-likeness (QED) is 0.746. The number of halogens is 1. The van der Waals surface area contributed by atoms with Gasteiger partial charge in [0.2, 0.25) is 0 Å². The van der Waals surface area contributed by atoms with E-state index in [4.69, 9.17) is 5.11 Å². The molecule has 0 fully saturated rings. The SMILES string of the molecule is CC(NC(=O)c1ccc(F)cc1C#CCO)c1ncc[nH]1. The zero-order valence-electron chi connectivity index (χ0n) is 11.4. The molecule has 1 aromatic heterocycles. The Morgan fingerprint density at radius 1 is 1.57 bits per heavy atom. The lowest BCUT2D eigenvalue weighted by molar-refractivity contribution is 0.0938. The molecule has 0 bridgehead atoms. The van der Waals surface area contributed by atoms with Crippen molar-refractivity contribution in [1.29, 1.82) is 0 Å². The predicted octanol–water partition coefficient (Wildman–Crippen LogP) is 1.38. The maximum atomic E-state index is 13.2. The first-order valence-corrected chi connectivity index (χ1v) is 6.31. The van der Waals surface area contributed by atoms with E-state index in [1.165, 1.54) is 12.1 Å². The van der Waals surface area contributed by atoms with Crippen LogP contribution in [0.1, 0.15) is 34.7 Å². The Labute approximate surface area is 121 Å². The Bertz CT molecular complexity index is 687. The van der Waals surface area contributed by atoms with Crippen molar-refractivity contribution in [2.45, 2.75) is 13.0 Å². The van der Waals surface area contributed by atoms with Gasteiger partial charge in [-0.05, 0) is 25.1 Å². The van der Waals surface area contributed by atoms with E-state index < -0.39 is 5.82 Å². The van der Waals surface area contributed by atoms with E-state index in [2.05, 4.69) is 27.1 Å². The minimum atomic E-state index is -0.493. The molecule has 21 heavy (non-hydrogen) atoms. The van der Waals surface area contributed by atoms with Gasteiger partial charge in [-0.3, -0.25) is 4.79 Å². The average molecular weight is 287 g/mol. The second-order valence-corrected chi connectivity index (χ2v) is 4.32. The molecule has 108 valence electrons. The summed E-state index contributed by atoms with van der Waals surface area (Å²) in [5.41, 5.74) is 0.476. The highest BCUT2D eigenvalue weighted by atomic mass is 19.1. The normalized spacial score (nSPS) is 11.4. The number of carbonyl (C=O) groups is 1. The van der Waals surface area contributed by atoms with E-state index in [0.29, 0.717) is 5.82 Å². The number of carbonyl (C=O) groups excluding carboxylic acids is 1. The number of aliphatic hydroxyl groups excluding tert-OH is 1. The Morgan fingerprint density at radius 2 is 2.38 bits per heavy atom. The highest BCUT2D eigenvalue weighted by molar-refractivity contribution is 5.96. The van der Waals surface area contributed by atoms with E-state index in [9.17, 15) is 9.18 Å². The highest BCUT2D eigenvalue weighted by Gasteiger charge is 2.15. The Kier molecular flexibility index (Phi) is 4.69. The fraction of sp³-hybridized carbons (Fsp3) is 0.200. The molecular formula is C15H14FN3O2. The number of nitrogens with zero attached hydrogens (tertiary/aromatic N) is 1. The summed E-state index contributed by atoms with van der Waals surface area (Å²) in [4.78, 5) is 19.2. The molecule has 0 aliphatic heterocycles. The van der Waals surface area contributed by atoms with Crippen LogP contribution in [0.3, 0.4) is 0 Å². The van der Waals surface area contributed by atoms with Crippen molar-refractivity contribution in [3.63, 3.8) is 0 Å². The number of aromatic nitrogens is 2. The van der Waals surface area contributed by atoms with Gasteiger partial charge in [-0.1, -0.05) is 11.8 Å². The largest absolute Gasteiger partial charge is 0.384 e. The van der Waals surface area contributed by atoms with Crippen molar-refractivity contribution in [3.05, 3.63) is 53.4 Å². The van der Waals surface area contributed by atoms with Crippen LogP contribution in [0.15, 0.2) is 30.6 Å². The third kappa shape index (κ3) is 3.68. The summed E-state index contributed by atoms with van der Waals surface area (Å²) >= 11 is 0. The van der Waals surface area contributed by atoms with Crippen molar-refractivity contribution >= 4 is 5.91 Å². The van der Waals surface area contributed by atoms with Gasteiger partial charge < -0.3 is 15.4 Å². The van der Waals surface area contributed by atoms with E-state index in [-0.39, 0.29) is 29.7 Å². The third-order valence-corrected chi connectivity index (χ3v) is 2.81. The summed E-state index contributed by atoms with van der Waals surface area (Å²) < 4.78 is 13.2. The van der Waals surface area contributed by atoms with Crippen LogP contribution in [0.4, 0.5) is 4.39 Å². The van der Waals surface area contributed by atoms with Gasteiger partial charge in [-0.15, -0.1) is 0 Å². The molecule has 3 N–H and O–H groups in total. The number of hydrogen-bond donors (Lipinski definition) is 3. The number of H-pyrrole nitrogens is 1. The third-order valence-electron chi connectivity index (χ3n) is 2.81. The molecule has 0 aliphatic carbocycles. The second kappa shape index (κ2) is 6.68. The van der Waals surface area contributed by atoms with E-state index in [1.807, 2.05) is 0 Å². The summed E-state index contributed by atoms with van der Waals surface area (Å²) in [7, 11) is 0. The molecule has 2 rings (SSSR count). The van der Waals surface area contributed by atoms with Gasteiger partial charge in [0.15, 0.2) is 0 Å². The van der Waals surface area contributed by atoms with Crippen LogP contribution in [-0.2, 0) is 0 Å². The molecular weight excluding hydrogens is 273 g/mol. The summed E-state index contributed by atoms with van der Waals surface area (Å²) in [6.45, 7) is 1.42. The molecule has 0 spiro atoms. The fourth-order valence-corrected chi connectivity index (χ4v) is 1.81. The number of rotatable bonds is 3. The van der Waals surface area contributed by atoms with Crippen molar-refractivity contribution in [3.8, 4) is 11.8 Å². The maximum absolute atomic E-state index is 13.2. The lowest BCUT2D eigenvalue weighted by atomic mass is 10.1. The molecule has 0 aliphatic rings. The van der Waals surface area contributed by atoms with Crippen molar-refractivity contribution in [2.24, 2.45) is 0 Å². The first-order chi connectivity index (χ1) is 10.1. The Hall–Kier alpha value is -2.65. The number of hydrogen-bond acceptors (Lipinski definition) is 3. The van der Waals surface area contributed by atoms with Gasteiger partial charge in [-0.2, -0.15) is 0 Å². The van der Waals surface area contributed by atoms with Gasteiger partial charge in [0.25, 0.3) is 5.91 Å². The Balaban J connectivity index is 2.22. The summed E-state index contributed by atoms with van der Waals surface area (Å²) in [6.07, 6.45) is 3.25. The molecule has 1 amide bonds. The van der Waals surface area contributed by atoms with Crippen LogP contribution in [0, 0.1) is 17.7 Å². The predicted molar refractivity (Wildman–Crippen MR) is 74.8 cm³/mol. The van der Waals surface area contributed by atoms with Crippen LogP contribution >= 0.6 is 0 Å². The van der Waals surface area contributed by atoms with Gasteiger partial charge >= 0.3 is 0 Å². The first-order valence-electron chi connectivity index (χ1n) is 6.31. The van der Waals surface area contributed by atoms with Crippen LogP contribution in [0.5, 0.6) is 0 Å². The summed E-state index contributed by atoms with van der Waals surface area (Å²) in [5, 5.41) is 11.5. The summed E-state index contributed by atoms with van der Waals surface area (Å²) in [5.74, 6) is 4.72. The number of nitrogens with one attached hydrogen (secondary N) is 2. The molecule has 1 heterocycles. The highest BCUT2D eigenvalue weighted by Crippen LogP contribution is 2.13. The van der Waals surface area contributed by atoms with Crippen molar-refractivity contribution < 1.29 is 14.3 Å². The van der Waals surface area contributed by atoms with E-state index >= 15 is 0 Å². The number of amides is 1. The Morgan fingerprint density at radius 3 is 3.05 bits per heavy atom. The first kappa shape index (κ1) is 14.8. The smallest absolute Gasteiger partial charge is 0.253 e. The standard InChI is InChI=1S/C15H14FN3O2/c1-10(14-17-6-7-18-14)19-15(21)13-5-4-12(16)9-11(13)3-2-8-20/h4-7,9-10,20H,8H2,1H3,(H,17,18)(H,19,21). The van der Waals surface area contributed by atoms with Gasteiger partial charge in [0.05, 0.1) is 11.6 Å². The lowest BCUT2D eigenvalue weighted by Gasteiger charge is -2.12. The van der Waals surface area contributed by atoms with Crippen LogP contribution in [0.2, 0.25) is 0 Å². The monoisotopic (exact) mass is 287 g/mol. The molecule has 5 nitrogen and oxygen atoms in total. The average Bonchev–Trinajstić information content (AvgIpc) is 2.99. The van der Waals surface area contributed by atoms with Crippen LogP contribution < -0.4 is 5.32 Å². The van der Waals surface area contributed by atoms with E-state index in [0.717, 1.165) is 6.07 Å². The lowest BCUT2D eigenvalue weighted by Crippen LogP contribution is -2.28. The van der Waals surface area contributed by atoms with E-state index in [1.54, 1.807) is 19.3 Å². The van der Waals surface area contributed by atoms with Gasteiger partial charge in [-0.25, -0.2) is 9.37 Å². The molecule has 1 unspecified atom stereocenters. The van der Waals surface area contributed by atoms with Crippen LogP contribution in [-0.4, -0.2) is 27.6 Å². The van der Waals surface area contributed by atoms with Gasteiger partial charge in [0, 0.05) is 18.0 Å². The molecule has 6 heteroatoms. The van der Waals surface area contributed by atoms with Gasteiger partial charge in [0.1, 0.15) is 18.2 Å². The molecule has 1 atom stereocenters. The molecule has 0 saturated heterocycles. The second-order valence-electron chi connectivity index (χ2n) is 4.32. The molecule has 2 aromatic rings. The molecule has 1 aromatic carbocycles. The zero-order chi connectivity index (χ0) is 15.2. The molecule has 0 radical (unpaired) electrons. The zero-order valence-corrected chi connectivity index (χ0v) is 11.4. The number of imidazole rings is 1. The number of benzene rings is 1.